The summed E-state index contributed by atoms with van der Waals surface area (Å²) >= 11 is 0. The highest BCUT2D eigenvalue weighted by Gasteiger charge is 2.22. The highest BCUT2D eigenvalue weighted by atomic mass is 35.5. The Kier molecular flexibility index (Phi) is 9.71. The molecule has 7 nitrogen and oxygen atoms in total. The number of methoxy groups -OCH3 is 1. The lowest BCUT2D eigenvalue weighted by Gasteiger charge is -2.30. The van der Waals surface area contributed by atoms with Gasteiger partial charge in [-0.1, -0.05) is 0 Å². The van der Waals surface area contributed by atoms with Crippen LogP contribution in [0.2, 0.25) is 0 Å². The van der Waals surface area contributed by atoms with Gasteiger partial charge in [0.1, 0.15) is 11.5 Å². The van der Waals surface area contributed by atoms with Crippen molar-refractivity contribution in [3.8, 4) is 11.5 Å². The third-order valence-electron chi connectivity index (χ3n) is 3.97. The van der Waals surface area contributed by atoms with E-state index in [2.05, 4.69) is 15.6 Å². The Hall–Kier alpha value is -2.22. The van der Waals surface area contributed by atoms with Crippen LogP contribution in [0.5, 0.6) is 11.5 Å². The van der Waals surface area contributed by atoms with Crippen LogP contribution in [-0.4, -0.2) is 49.2 Å². The summed E-state index contributed by atoms with van der Waals surface area (Å²) in [7, 11) is 1.62. The van der Waals surface area contributed by atoms with Gasteiger partial charge in [-0.15, -0.1) is 24.8 Å². The summed E-state index contributed by atoms with van der Waals surface area (Å²) < 4.78 is 11.1. The summed E-state index contributed by atoms with van der Waals surface area (Å²) in [5, 5.41) is 6.19. The van der Waals surface area contributed by atoms with Gasteiger partial charge in [0.15, 0.2) is 6.23 Å². The highest BCUT2D eigenvalue weighted by Crippen LogP contribution is 2.22. The molecular formula is C18H24Cl2N4O3. The van der Waals surface area contributed by atoms with Gasteiger partial charge in [-0.05, 0) is 36.4 Å². The highest BCUT2D eigenvalue weighted by molar-refractivity contribution is 5.85. The zero-order valence-corrected chi connectivity index (χ0v) is 16.6. The van der Waals surface area contributed by atoms with E-state index in [1.54, 1.807) is 36.5 Å². The van der Waals surface area contributed by atoms with E-state index in [9.17, 15) is 4.79 Å². The van der Waals surface area contributed by atoms with Crippen molar-refractivity contribution in [1.29, 1.82) is 0 Å². The molecule has 1 aromatic carbocycles. The first-order valence-electron chi connectivity index (χ1n) is 8.23. The van der Waals surface area contributed by atoms with Gasteiger partial charge in [0.05, 0.1) is 13.3 Å². The Morgan fingerprint density at radius 3 is 2.44 bits per heavy atom. The van der Waals surface area contributed by atoms with E-state index in [0.717, 1.165) is 24.4 Å². The maximum Gasteiger partial charge on any atom is 0.320 e. The van der Waals surface area contributed by atoms with Crippen molar-refractivity contribution in [2.24, 2.45) is 0 Å². The number of piperazine rings is 1. The number of halogens is 2. The molecule has 1 aliphatic heterocycles. The number of nitrogens with zero attached hydrogens (tertiary/aromatic N) is 2. The maximum atomic E-state index is 12.6. The van der Waals surface area contributed by atoms with Gasteiger partial charge < -0.3 is 19.7 Å². The molecule has 0 aliphatic carbocycles. The molecule has 0 radical (unpaired) electrons. The van der Waals surface area contributed by atoms with Crippen molar-refractivity contribution in [3.63, 3.8) is 0 Å². The normalized spacial score (nSPS) is 14.2. The molecule has 1 atom stereocenters. The van der Waals surface area contributed by atoms with Crippen LogP contribution in [0, 0.1) is 0 Å². The van der Waals surface area contributed by atoms with Gasteiger partial charge in [-0.3, -0.25) is 10.3 Å². The number of hydrogen-bond acceptors (Lipinski definition) is 5. The predicted molar refractivity (Wildman–Crippen MR) is 108 cm³/mol. The van der Waals surface area contributed by atoms with Crippen molar-refractivity contribution < 1.29 is 14.3 Å². The number of hydrogen-bond donors (Lipinski definition) is 2. The van der Waals surface area contributed by atoms with Crippen LogP contribution in [0.15, 0.2) is 48.8 Å². The molecule has 1 aromatic heterocycles. The quantitative estimate of drug-likeness (QED) is 0.735. The molecule has 3 rings (SSSR count). The monoisotopic (exact) mass is 414 g/mol. The van der Waals surface area contributed by atoms with Crippen molar-refractivity contribution in [3.05, 3.63) is 54.4 Å². The fourth-order valence-corrected chi connectivity index (χ4v) is 2.58. The van der Waals surface area contributed by atoms with Crippen molar-refractivity contribution in [2.45, 2.75) is 6.23 Å². The second kappa shape index (κ2) is 11.5. The lowest BCUT2D eigenvalue weighted by Crippen LogP contribution is -2.51. The SMILES string of the molecule is COc1ccc(C(NC(=O)N2CCNCC2)Oc2cccnc2)cc1.Cl.Cl. The topological polar surface area (TPSA) is 75.7 Å². The van der Waals surface area contributed by atoms with Crippen molar-refractivity contribution in [2.75, 3.05) is 33.3 Å². The molecular weight excluding hydrogens is 391 g/mol. The number of pyridine rings is 1. The lowest BCUT2D eigenvalue weighted by molar-refractivity contribution is 0.139. The van der Waals surface area contributed by atoms with Gasteiger partial charge in [0.25, 0.3) is 0 Å². The van der Waals surface area contributed by atoms with Crippen LogP contribution in [0.1, 0.15) is 11.8 Å². The predicted octanol–water partition coefficient (Wildman–Crippen LogP) is 2.63. The summed E-state index contributed by atoms with van der Waals surface area (Å²) in [5.41, 5.74) is 0.827. The number of amides is 2. The Morgan fingerprint density at radius 2 is 1.85 bits per heavy atom. The minimum atomic E-state index is -0.613. The first-order chi connectivity index (χ1) is 12.3. The first kappa shape index (κ1) is 22.8. The molecule has 1 saturated heterocycles. The zero-order valence-electron chi connectivity index (χ0n) is 15.0. The van der Waals surface area contributed by atoms with Crippen LogP contribution < -0.4 is 20.1 Å². The van der Waals surface area contributed by atoms with E-state index in [4.69, 9.17) is 9.47 Å². The summed E-state index contributed by atoms with van der Waals surface area (Å²) in [4.78, 5) is 18.4. The van der Waals surface area contributed by atoms with Gasteiger partial charge in [0.2, 0.25) is 0 Å². The van der Waals surface area contributed by atoms with E-state index in [1.807, 2.05) is 24.3 Å². The number of urea groups is 1. The molecule has 27 heavy (non-hydrogen) atoms. The summed E-state index contributed by atoms with van der Waals surface area (Å²) in [6.07, 6.45) is 2.68. The number of nitrogens with one attached hydrogen (secondary N) is 2. The number of ether oxygens (including phenoxy) is 2. The average molecular weight is 415 g/mol. The number of carbonyl (C=O) groups is 1. The van der Waals surface area contributed by atoms with Gasteiger partial charge in [0, 0.05) is 37.9 Å². The Morgan fingerprint density at radius 1 is 1.15 bits per heavy atom. The van der Waals surface area contributed by atoms with E-state index in [1.165, 1.54) is 0 Å². The molecule has 148 valence electrons. The van der Waals surface area contributed by atoms with Crippen LogP contribution in [0.25, 0.3) is 0 Å². The Balaban J connectivity index is 0.00000182. The number of carbonyl (C=O) groups excluding carboxylic acids is 1. The molecule has 0 bridgehead atoms. The number of aromatic nitrogens is 1. The standard InChI is InChI=1S/C18H22N4O3.2ClH/c1-24-15-6-4-14(5-7-15)17(25-16-3-2-8-20-13-16)21-18(23)22-11-9-19-10-12-22;;/h2-8,13,17,19H,9-12H2,1H3,(H,21,23);2*1H. The molecule has 1 aliphatic rings. The maximum absolute atomic E-state index is 12.6. The fourth-order valence-electron chi connectivity index (χ4n) is 2.58. The van der Waals surface area contributed by atoms with Crippen LogP contribution in [0.4, 0.5) is 4.79 Å². The molecule has 2 aromatic rings. The largest absolute Gasteiger partial charge is 0.497 e. The molecule has 0 saturated carbocycles. The molecule has 2 heterocycles. The molecule has 0 spiro atoms. The molecule has 2 amide bonds. The second-order valence-electron chi connectivity index (χ2n) is 5.65. The smallest absolute Gasteiger partial charge is 0.320 e. The van der Waals surface area contributed by atoms with Crippen LogP contribution in [0.3, 0.4) is 0 Å². The summed E-state index contributed by atoms with van der Waals surface area (Å²) in [6.45, 7) is 2.94. The molecule has 9 heteroatoms. The van der Waals surface area contributed by atoms with Gasteiger partial charge in [-0.2, -0.15) is 0 Å². The number of rotatable bonds is 5. The molecule has 2 N–H and O–H groups in total. The zero-order chi connectivity index (χ0) is 17.5. The minimum Gasteiger partial charge on any atom is -0.497 e. The minimum absolute atomic E-state index is 0. The third kappa shape index (κ3) is 6.46. The van der Waals surface area contributed by atoms with E-state index in [-0.39, 0.29) is 30.8 Å². The van der Waals surface area contributed by atoms with Gasteiger partial charge >= 0.3 is 6.03 Å². The third-order valence-corrected chi connectivity index (χ3v) is 3.97. The summed E-state index contributed by atoms with van der Waals surface area (Å²) in [6, 6.07) is 10.9. The second-order valence-corrected chi connectivity index (χ2v) is 5.65. The van der Waals surface area contributed by atoms with Gasteiger partial charge in [-0.25, -0.2) is 4.79 Å². The van der Waals surface area contributed by atoms with Crippen molar-refractivity contribution in [1.82, 2.24) is 20.5 Å². The first-order valence-corrected chi connectivity index (χ1v) is 8.23. The fraction of sp³-hybridized carbons (Fsp3) is 0.333. The van der Waals surface area contributed by atoms with E-state index in [0.29, 0.717) is 18.8 Å². The van der Waals surface area contributed by atoms with E-state index >= 15 is 0 Å². The van der Waals surface area contributed by atoms with Crippen LogP contribution >= 0.6 is 24.8 Å². The molecule has 1 fully saturated rings. The van der Waals surface area contributed by atoms with E-state index < -0.39 is 6.23 Å². The molecule has 1 unspecified atom stereocenters. The number of benzene rings is 1. The lowest BCUT2D eigenvalue weighted by atomic mass is 10.2. The Labute approximate surface area is 171 Å². The average Bonchev–Trinajstić information content (AvgIpc) is 2.69. The summed E-state index contributed by atoms with van der Waals surface area (Å²) in [5.74, 6) is 1.33. The Bertz CT molecular complexity index is 683. The van der Waals surface area contributed by atoms with Crippen LogP contribution in [-0.2, 0) is 0 Å². The van der Waals surface area contributed by atoms with Crippen molar-refractivity contribution >= 4 is 30.8 Å².